The Hall–Kier alpha value is -3.61. The van der Waals surface area contributed by atoms with Crippen LogP contribution >= 0.6 is 0 Å². The lowest BCUT2D eigenvalue weighted by Gasteiger charge is -2.20. The summed E-state index contributed by atoms with van der Waals surface area (Å²) in [5.41, 5.74) is 1.99. The molecular weight excluding hydrogens is 334 g/mol. The van der Waals surface area contributed by atoms with Crippen molar-refractivity contribution in [3.05, 3.63) is 65.9 Å². The Morgan fingerprint density at radius 1 is 1.04 bits per heavy atom. The van der Waals surface area contributed by atoms with Crippen LogP contribution in [0.4, 0.5) is 17.1 Å². The van der Waals surface area contributed by atoms with Crippen molar-refractivity contribution in [1.29, 1.82) is 0 Å². The smallest absolute Gasteiger partial charge is 0.340 e. The Kier molecular flexibility index (Phi) is 4.98. The quantitative estimate of drug-likeness (QED) is 0.581. The summed E-state index contributed by atoms with van der Waals surface area (Å²) >= 11 is 0. The molecule has 0 atom stereocenters. The second-order valence-corrected chi connectivity index (χ2v) is 5.44. The molecule has 1 heterocycles. The van der Waals surface area contributed by atoms with Crippen molar-refractivity contribution >= 4 is 34.8 Å². The Labute approximate surface area is 150 Å². The van der Waals surface area contributed by atoms with Crippen LogP contribution in [-0.4, -0.2) is 24.4 Å². The summed E-state index contributed by atoms with van der Waals surface area (Å²) in [6.07, 6.45) is 1.15. The number of anilines is 3. The van der Waals surface area contributed by atoms with Crippen LogP contribution in [0.15, 0.2) is 60.3 Å². The summed E-state index contributed by atoms with van der Waals surface area (Å²) in [4.78, 5) is 36.4. The van der Waals surface area contributed by atoms with E-state index in [-0.39, 0.29) is 17.9 Å². The number of carbonyl (C=O) groups is 3. The van der Waals surface area contributed by atoms with Crippen molar-refractivity contribution in [2.45, 2.75) is 6.92 Å². The van der Waals surface area contributed by atoms with Crippen molar-refractivity contribution in [2.24, 2.45) is 0 Å². The lowest BCUT2D eigenvalue weighted by molar-refractivity contribution is -0.114. The number of ether oxygens (including phenoxy) is 1. The van der Waals surface area contributed by atoms with Gasteiger partial charge in [-0.25, -0.2) is 4.79 Å². The molecule has 0 saturated carbocycles. The average molecular weight is 351 g/mol. The number of fused-ring (bicyclic) bond motifs is 1. The van der Waals surface area contributed by atoms with E-state index in [1.54, 1.807) is 49.4 Å². The van der Waals surface area contributed by atoms with Crippen LogP contribution in [0.3, 0.4) is 0 Å². The highest BCUT2D eigenvalue weighted by Gasteiger charge is 2.20. The van der Waals surface area contributed by atoms with Crippen molar-refractivity contribution in [3.63, 3.8) is 0 Å². The molecule has 2 aromatic rings. The summed E-state index contributed by atoms with van der Waals surface area (Å²) in [7, 11) is 0. The molecule has 7 heteroatoms. The first-order valence-corrected chi connectivity index (χ1v) is 8.04. The van der Waals surface area contributed by atoms with E-state index in [1.807, 2.05) is 6.07 Å². The highest BCUT2D eigenvalue weighted by Crippen LogP contribution is 2.27. The number of esters is 1. The fraction of sp³-hybridized carbons (Fsp3) is 0.105. The largest absolute Gasteiger partial charge is 0.462 e. The van der Waals surface area contributed by atoms with E-state index in [4.69, 9.17) is 4.74 Å². The van der Waals surface area contributed by atoms with Crippen molar-refractivity contribution in [3.8, 4) is 0 Å². The number of rotatable bonds is 4. The minimum atomic E-state index is -0.543. The van der Waals surface area contributed by atoms with Crippen LogP contribution in [0, 0.1) is 0 Å². The highest BCUT2D eigenvalue weighted by atomic mass is 16.5. The monoisotopic (exact) mass is 351 g/mol. The van der Waals surface area contributed by atoms with Gasteiger partial charge in [-0.1, -0.05) is 24.3 Å². The third kappa shape index (κ3) is 3.72. The van der Waals surface area contributed by atoms with E-state index in [2.05, 4.69) is 16.0 Å². The van der Waals surface area contributed by atoms with Gasteiger partial charge in [-0.05, 0) is 31.2 Å². The molecule has 7 nitrogen and oxygen atoms in total. The Bertz CT molecular complexity index is 905. The second kappa shape index (κ2) is 7.52. The van der Waals surface area contributed by atoms with Gasteiger partial charge in [0.05, 0.1) is 29.2 Å². The Morgan fingerprint density at radius 2 is 1.69 bits per heavy atom. The van der Waals surface area contributed by atoms with Crippen LogP contribution in [-0.2, 0) is 14.3 Å². The van der Waals surface area contributed by atoms with E-state index in [1.165, 1.54) is 0 Å². The fourth-order valence-corrected chi connectivity index (χ4v) is 2.47. The first-order chi connectivity index (χ1) is 12.6. The Morgan fingerprint density at radius 3 is 2.42 bits per heavy atom. The van der Waals surface area contributed by atoms with Crippen molar-refractivity contribution in [1.82, 2.24) is 0 Å². The molecule has 0 bridgehead atoms. The first-order valence-electron chi connectivity index (χ1n) is 8.04. The lowest BCUT2D eigenvalue weighted by Crippen LogP contribution is -2.27. The third-order valence-corrected chi connectivity index (χ3v) is 3.64. The van der Waals surface area contributed by atoms with Gasteiger partial charge in [-0.15, -0.1) is 0 Å². The molecule has 0 fully saturated rings. The Balaban J connectivity index is 1.79. The maximum atomic E-state index is 12.3. The lowest BCUT2D eigenvalue weighted by atomic mass is 10.1. The van der Waals surface area contributed by atoms with Gasteiger partial charge in [0.15, 0.2) is 0 Å². The van der Waals surface area contributed by atoms with Crippen LogP contribution < -0.4 is 16.0 Å². The number of amides is 2. The van der Waals surface area contributed by atoms with E-state index in [0.29, 0.717) is 17.1 Å². The molecule has 0 unspecified atom stereocenters. The molecule has 0 aromatic heterocycles. The van der Waals surface area contributed by atoms with Crippen LogP contribution in [0.2, 0.25) is 0 Å². The molecule has 0 aliphatic carbocycles. The topological polar surface area (TPSA) is 96.5 Å². The van der Waals surface area contributed by atoms with Gasteiger partial charge in [-0.3, -0.25) is 9.59 Å². The van der Waals surface area contributed by atoms with Crippen LogP contribution in [0.25, 0.3) is 0 Å². The van der Waals surface area contributed by atoms with Gasteiger partial charge >= 0.3 is 5.97 Å². The van der Waals surface area contributed by atoms with E-state index in [9.17, 15) is 14.4 Å². The molecule has 0 spiro atoms. The van der Waals surface area contributed by atoms with Crippen molar-refractivity contribution in [2.75, 3.05) is 22.6 Å². The molecular formula is C19H17N3O4. The van der Waals surface area contributed by atoms with Gasteiger partial charge in [0, 0.05) is 6.08 Å². The molecule has 2 aromatic carbocycles. The SMILES string of the molecule is CCOC(=O)c1ccccc1NC(=O)C=C1Nc2ccccc2NC1=O. The molecule has 0 radical (unpaired) electrons. The summed E-state index contributed by atoms with van der Waals surface area (Å²) in [5.74, 6) is -1.49. The van der Waals surface area contributed by atoms with E-state index in [0.717, 1.165) is 6.08 Å². The van der Waals surface area contributed by atoms with Gasteiger partial charge in [-0.2, -0.15) is 0 Å². The van der Waals surface area contributed by atoms with Gasteiger partial charge in [0.2, 0.25) is 0 Å². The summed E-state index contributed by atoms with van der Waals surface area (Å²) in [6, 6.07) is 13.7. The highest BCUT2D eigenvalue weighted by molar-refractivity contribution is 6.15. The minimum Gasteiger partial charge on any atom is -0.462 e. The number of hydrogen-bond acceptors (Lipinski definition) is 5. The van der Waals surface area contributed by atoms with Gasteiger partial charge in [0.25, 0.3) is 11.8 Å². The zero-order valence-electron chi connectivity index (χ0n) is 14.0. The maximum absolute atomic E-state index is 12.3. The summed E-state index contributed by atoms with van der Waals surface area (Å²) < 4.78 is 4.97. The summed E-state index contributed by atoms with van der Waals surface area (Å²) in [5, 5.41) is 8.22. The van der Waals surface area contributed by atoms with E-state index < -0.39 is 17.8 Å². The predicted molar refractivity (Wildman–Crippen MR) is 97.8 cm³/mol. The van der Waals surface area contributed by atoms with Crippen LogP contribution in [0.1, 0.15) is 17.3 Å². The normalized spacial score (nSPS) is 14.0. The second-order valence-electron chi connectivity index (χ2n) is 5.44. The number of hydrogen-bond donors (Lipinski definition) is 3. The number of para-hydroxylation sites is 3. The molecule has 3 N–H and O–H groups in total. The predicted octanol–water partition coefficient (Wildman–Crippen LogP) is 2.75. The summed E-state index contributed by atoms with van der Waals surface area (Å²) in [6.45, 7) is 1.93. The number of benzene rings is 2. The zero-order valence-corrected chi connectivity index (χ0v) is 14.0. The molecule has 0 saturated heterocycles. The standard InChI is InChI=1S/C19H17N3O4/c1-2-26-19(25)12-7-3-4-8-13(12)21-17(23)11-16-18(24)22-15-10-6-5-9-14(15)20-16/h3-11,20H,2H2,1H3,(H,21,23)(H,22,24). The molecule has 3 rings (SSSR count). The van der Waals surface area contributed by atoms with E-state index >= 15 is 0 Å². The minimum absolute atomic E-state index is 0.106. The fourth-order valence-electron chi connectivity index (χ4n) is 2.47. The molecule has 1 aliphatic heterocycles. The first kappa shape index (κ1) is 17.2. The van der Waals surface area contributed by atoms with Crippen molar-refractivity contribution < 1.29 is 19.1 Å². The molecule has 1 aliphatic rings. The van der Waals surface area contributed by atoms with Gasteiger partial charge < -0.3 is 20.7 Å². The number of carbonyl (C=O) groups excluding carboxylic acids is 3. The molecule has 2 amide bonds. The van der Waals surface area contributed by atoms with Gasteiger partial charge in [0.1, 0.15) is 5.70 Å². The zero-order chi connectivity index (χ0) is 18.5. The average Bonchev–Trinajstić information content (AvgIpc) is 2.63. The third-order valence-electron chi connectivity index (χ3n) is 3.64. The number of nitrogens with one attached hydrogen (secondary N) is 3. The maximum Gasteiger partial charge on any atom is 0.340 e. The molecule has 26 heavy (non-hydrogen) atoms. The van der Waals surface area contributed by atoms with Crippen LogP contribution in [0.5, 0.6) is 0 Å². The molecule has 132 valence electrons.